The van der Waals surface area contributed by atoms with Crippen LogP contribution in [-0.2, 0) is 6.42 Å². The molecular weight excluding hydrogens is 267 g/mol. The van der Waals surface area contributed by atoms with Gasteiger partial charge in [-0.15, -0.1) is 0 Å². The normalized spacial score (nSPS) is 21.2. The van der Waals surface area contributed by atoms with Crippen molar-refractivity contribution in [3.63, 3.8) is 0 Å². The van der Waals surface area contributed by atoms with Gasteiger partial charge < -0.3 is 15.6 Å². The predicted octanol–water partition coefficient (Wildman–Crippen LogP) is 2.36. The van der Waals surface area contributed by atoms with E-state index in [2.05, 4.69) is 34.4 Å². The fourth-order valence-electron chi connectivity index (χ4n) is 3.07. The largest absolute Gasteiger partial charge is 0.342 e. The molecule has 0 spiro atoms. The number of benzene rings is 1. The standard InChI is InChI=1S/C16H23FN4/c1-16(2)14(7-9-19-16)18-8-3-4-15-20-12-6-5-11(17)10-13(12)21-15/h5-6,10,14,18-19H,3-4,7-9H2,1-2H3,(H,20,21)/t14-/m1/s1. The topological polar surface area (TPSA) is 52.7 Å². The zero-order valence-corrected chi connectivity index (χ0v) is 12.7. The van der Waals surface area contributed by atoms with E-state index in [0.717, 1.165) is 42.8 Å². The summed E-state index contributed by atoms with van der Waals surface area (Å²) in [5.41, 5.74) is 1.79. The van der Waals surface area contributed by atoms with Gasteiger partial charge in [-0.05, 0) is 58.0 Å². The van der Waals surface area contributed by atoms with Crippen molar-refractivity contribution in [2.75, 3.05) is 13.1 Å². The molecule has 1 aromatic carbocycles. The van der Waals surface area contributed by atoms with Gasteiger partial charge in [0.2, 0.25) is 0 Å². The first kappa shape index (κ1) is 14.5. The summed E-state index contributed by atoms with van der Waals surface area (Å²) in [6.07, 6.45) is 3.08. The van der Waals surface area contributed by atoms with E-state index in [4.69, 9.17) is 0 Å². The Bertz CT molecular complexity index is 620. The Morgan fingerprint density at radius 1 is 1.43 bits per heavy atom. The third-order valence-corrected chi connectivity index (χ3v) is 4.36. The highest BCUT2D eigenvalue weighted by atomic mass is 19.1. The molecule has 0 aliphatic carbocycles. The monoisotopic (exact) mass is 290 g/mol. The lowest BCUT2D eigenvalue weighted by Gasteiger charge is -2.28. The van der Waals surface area contributed by atoms with Crippen molar-refractivity contribution in [1.82, 2.24) is 20.6 Å². The van der Waals surface area contributed by atoms with Crippen molar-refractivity contribution in [3.05, 3.63) is 29.8 Å². The molecule has 0 amide bonds. The Morgan fingerprint density at radius 2 is 2.29 bits per heavy atom. The molecule has 1 aliphatic rings. The van der Waals surface area contributed by atoms with Crippen LogP contribution in [0.4, 0.5) is 4.39 Å². The van der Waals surface area contributed by atoms with E-state index in [-0.39, 0.29) is 11.4 Å². The van der Waals surface area contributed by atoms with Crippen molar-refractivity contribution in [1.29, 1.82) is 0 Å². The highest BCUT2D eigenvalue weighted by Crippen LogP contribution is 2.18. The highest BCUT2D eigenvalue weighted by Gasteiger charge is 2.33. The Morgan fingerprint density at radius 3 is 3.05 bits per heavy atom. The second-order valence-corrected chi connectivity index (χ2v) is 6.39. The third-order valence-electron chi connectivity index (χ3n) is 4.36. The fraction of sp³-hybridized carbons (Fsp3) is 0.562. The molecule has 2 aromatic rings. The van der Waals surface area contributed by atoms with Crippen LogP contribution >= 0.6 is 0 Å². The number of aromatic amines is 1. The maximum Gasteiger partial charge on any atom is 0.125 e. The van der Waals surface area contributed by atoms with Gasteiger partial charge in [0.1, 0.15) is 11.6 Å². The zero-order chi connectivity index (χ0) is 14.9. The van der Waals surface area contributed by atoms with Crippen molar-refractivity contribution in [2.24, 2.45) is 0 Å². The van der Waals surface area contributed by atoms with Gasteiger partial charge in [0.25, 0.3) is 0 Å². The number of hydrogen-bond donors (Lipinski definition) is 3. The predicted molar refractivity (Wildman–Crippen MR) is 82.9 cm³/mol. The molecule has 3 rings (SSSR count). The maximum atomic E-state index is 13.1. The van der Waals surface area contributed by atoms with Gasteiger partial charge in [0, 0.05) is 18.0 Å². The van der Waals surface area contributed by atoms with E-state index in [9.17, 15) is 4.39 Å². The number of nitrogens with one attached hydrogen (secondary N) is 3. The molecule has 3 N–H and O–H groups in total. The van der Waals surface area contributed by atoms with Gasteiger partial charge >= 0.3 is 0 Å². The maximum absolute atomic E-state index is 13.1. The number of fused-ring (bicyclic) bond motifs is 1. The molecule has 114 valence electrons. The van der Waals surface area contributed by atoms with Crippen LogP contribution in [0.3, 0.4) is 0 Å². The highest BCUT2D eigenvalue weighted by molar-refractivity contribution is 5.74. The molecule has 0 unspecified atom stereocenters. The number of aromatic nitrogens is 2. The molecule has 2 heterocycles. The van der Waals surface area contributed by atoms with E-state index in [0.29, 0.717) is 6.04 Å². The van der Waals surface area contributed by atoms with E-state index in [1.54, 1.807) is 6.07 Å². The SMILES string of the molecule is CC1(C)NCC[C@H]1NCCCc1nc2ccc(F)cc2[nH]1. The number of halogens is 1. The Labute approximate surface area is 124 Å². The van der Waals surface area contributed by atoms with E-state index in [1.807, 2.05) is 0 Å². The van der Waals surface area contributed by atoms with Crippen LogP contribution in [0.5, 0.6) is 0 Å². The molecule has 1 fully saturated rings. The lowest BCUT2D eigenvalue weighted by atomic mass is 9.97. The second kappa shape index (κ2) is 5.73. The molecule has 0 saturated carbocycles. The number of rotatable bonds is 5. The second-order valence-electron chi connectivity index (χ2n) is 6.39. The Hall–Kier alpha value is -1.46. The average Bonchev–Trinajstić information content (AvgIpc) is 2.97. The molecule has 5 heteroatoms. The smallest absolute Gasteiger partial charge is 0.125 e. The van der Waals surface area contributed by atoms with Gasteiger partial charge in [-0.1, -0.05) is 0 Å². The summed E-state index contributed by atoms with van der Waals surface area (Å²) >= 11 is 0. The summed E-state index contributed by atoms with van der Waals surface area (Å²) < 4.78 is 13.1. The van der Waals surface area contributed by atoms with Crippen molar-refractivity contribution in [2.45, 2.75) is 44.7 Å². The van der Waals surface area contributed by atoms with Crippen molar-refractivity contribution < 1.29 is 4.39 Å². The number of H-pyrrole nitrogens is 1. The molecular formula is C16H23FN4. The van der Waals surface area contributed by atoms with Crippen LogP contribution in [0.25, 0.3) is 11.0 Å². The first-order valence-electron chi connectivity index (χ1n) is 7.67. The number of imidazole rings is 1. The molecule has 1 atom stereocenters. The first-order chi connectivity index (χ1) is 10.0. The van der Waals surface area contributed by atoms with Crippen molar-refractivity contribution in [3.8, 4) is 0 Å². The van der Waals surface area contributed by atoms with E-state index >= 15 is 0 Å². The minimum absolute atomic E-state index is 0.177. The molecule has 0 bridgehead atoms. The Balaban J connectivity index is 1.50. The molecule has 21 heavy (non-hydrogen) atoms. The van der Waals surface area contributed by atoms with Gasteiger partial charge in [0.15, 0.2) is 0 Å². The minimum atomic E-state index is -0.227. The van der Waals surface area contributed by atoms with E-state index in [1.165, 1.54) is 18.6 Å². The lowest BCUT2D eigenvalue weighted by molar-refractivity contribution is 0.350. The lowest BCUT2D eigenvalue weighted by Crippen LogP contribution is -2.49. The van der Waals surface area contributed by atoms with Gasteiger partial charge in [-0.2, -0.15) is 0 Å². The first-order valence-corrected chi connectivity index (χ1v) is 7.67. The summed E-state index contributed by atoms with van der Waals surface area (Å²) in [6.45, 7) is 6.54. The quantitative estimate of drug-likeness (QED) is 0.741. The van der Waals surface area contributed by atoms with Gasteiger partial charge in [-0.3, -0.25) is 0 Å². The molecule has 0 radical (unpaired) electrons. The van der Waals surface area contributed by atoms with Crippen LogP contribution in [0.2, 0.25) is 0 Å². The molecule has 1 aliphatic heterocycles. The number of nitrogens with zero attached hydrogens (tertiary/aromatic N) is 1. The van der Waals surface area contributed by atoms with Crippen LogP contribution in [0.1, 0.15) is 32.5 Å². The van der Waals surface area contributed by atoms with Crippen LogP contribution in [0.15, 0.2) is 18.2 Å². The minimum Gasteiger partial charge on any atom is -0.342 e. The third kappa shape index (κ3) is 3.24. The zero-order valence-electron chi connectivity index (χ0n) is 12.7. The van der Waals surface area contributed by atoms with Crippen LogP contribution in [-0.4, -0.2) is 34.6 Å². The number of aryl methyl sites for hydroxylation is 1. The Kier molecular flexibility index (Phi) is 3.95. The average molecular weight is 290 g/mol. The van der Waals surface area contributed by atoms with Crippen LogP contribution < -0.4 is 10.6 Å². The summed E-state index contributed by atoms with van der Waals surface area (Å²) in [5, 5.41) is 7.13. The van der Waals surface area contributed by atoms with Gasteiger partial charge in [0.05, 0.1) is 11.0 Å². The van der Waals surface area contributed by atoms with E-state index < -0.39 is 0 Å². The molecule has 1 saturated heterocycles. The summed E-state index contributed by atoms with van der Waals surface area (Å²) in [7, 11) is 0. The van der Waals surface area contributed by atoms with Crippen molar-refractivity contribution >= 4 is 11.0 Å². The number of hydrogen-bond acceptors (Lipinski definition) is 3. The van der Waals surface area contributed by atoms with Crippen LogP contribution in [0, 0.1) is 5.82 Å². The molecule has 1 aromatic heterocycles. The summed E-state index contributed by atoms with van der Waals surface area (Å²) in [6, 6.07) is 5.19. The fourth-order valence-corrected chi connectivity index (χ4v) is 3.07. The summed E-state index contributed by atoms with van der Waals surface area (Å²) in [5.74, 6) is 0.705. The summed E-state index contributed by atoms with van der Waals surface area (Å²) in [4.78, 5) is 7.68. The van der Waals surface area contributed by atoms with Gasteiger partial charge in [-0.25, -0.2) is 9.37 Å². The molecule has 4 nitrogen and oxygen atoms in total.